The summed E-state index contributed by atoms with van der Waals surface area (Å²) in [4.78, 5) is 0. The van der Waals surface area contributed by atoms with Gasteiger partial charge in [-0.15, -0.1) is 0 Å². The molecule has 0 bridgehead atoms. The Labute approximate surface area is 64.2 Å². The summed E-state index contributed by atoms with van der Waals surface area (Å²) in [5.41, 5.74) is 3.82. The molecule has 7 N–H and O–H groups in total. The van der Waals surface area contributed by atoms with Crippen LogP contribution in [0.1, 0.15) is 19.8 Å². The molecule has 0 aliphatic carbocycles. The molecule has 0 radical (unpaired) electrons. The van der Waals surface area contributed by atoms with Crippen LogP contribution in [0.4, 0.5) is 0 Å². The van der Waals surface area contributed by atoms with E-state index in [0.717, 1.165) is 0 Å². The summed E-state index contributed by atoms with van der Waals surface area (Å²) in [7, 11) is 0. The normalized spacial score (nSPS) is 18.0. The van der Waals surface area contributed by atoms with E-state index in [1.165, 1.54) is 5.48 Å². The van der Waals surface area contributed by atoms with E-state index in [1.54, 1.807) is 6.92 Å². The van der Waals surface area contributed by atoms with E-state index < -0.39 is 11.6 Å². The topological polar surface area (TPSA) is 119 Å². The fraction of sp³-hybridized carbons (Fsp3) is 1.00. The third-order valence-electron chi connectivity index (χ3n) is 1.41. The second kappa shape index (κ2) is 3.44. The first-order valence-corrected chi connectivity index (χ1v) is 3.24. The van der Waals surface area contributed by atoms with Crippen LogP contribution in [-0.2, 0) is 0 Å². The van der Waals surface area contributed by atoms with Crippen molar-refractivity contribution in [3.8, 4) is 0 Å². The lowest BCUT2D eigenvalue weighted by Crippen LogP contribution is -2.67. The molecule has 0 saturated heterocycles. The molecule has 0 spiro atoms. The first kappa shape index (κ1) is 10.8. The van der Waals surface area contributed by atoms with Gasteiger partial charge in [0.25, 0.3) is 5.91 Å². The fourth-order valence-corrected chi connectivity index (χ4v) is 0.684. The molecule has 1 unspecified atom stereocenters. The quantitative estimate of drug-likeness (QED) is 0.213. The maximum Gasteiger partial charge on any atom is 0.266 e. The van der Waals surface area contributed by atoms with Gasteiger partial charge in [0, 0.05) is 0 Å². The van der Waals surface area contributed by atoms with E-state index in [1.807, 2.05) is 0 Å². The number of hydrogen-bond acceptors (Lipinski definition) is 6. The Morgan fingerprint density at radius 3 is 1.91 bits per heavy atom. The Morgan fingerprint density at radius 2 is 1.82 bits per heavy atom. The summed E-state index contributed by atoms with van der Waals surface area (Å²) in [5, 5.41) is 35.0. The van der Waals surface area contributed by atoms with E-state index in [0.29, 0.717) is 6.42 Å². The van der Waals surface area contributed by atoms with E-state index in [-0.39, 0.29) is 6.42 Å². The minimum Gasteiger partial charge on any atom is -0.368 e. The minimum atomic E-state index is -2.85. The van der Waals surface area contributed by atoms with Crippen molar-refractivity contribution in [3.05, 3.63) is 0 Å². The first-order chi connectivity index (χ1) is 4.87. The summed E-state index contributed by atoms with van der Waals surface area (Å²) in [6, 6.07) is 0. The number of hydroxylamine groups is 1. The van der Waals surface area contributed by atoms with Gasteiger partial charge in [-0.05, 0) is 6.42 Å². The number of nitrogens with one attached hydrogen (secondary N) is 1. The van der Waals surface area contributed by atoms with Crippen molar-refractivity contribution in [1.82, 2.24) is 5.48 Å². The van der Waals surface area contributed by atoms with Gasteiger partial charge >= 0.3 is 0 Å². The molecule has 0 heterocycles. The zero-order valence-corrected chi connectivity index (χ0v) is 6.28. The highest BCUT2D eigenvalue weighted by Crippen LogP contribution is 2.16. The Kier molecular flexibility index (Phi) is 3.36. The molecule has 0 amide bonds. The zero-order valence-electron chi connectivity index (χ0n) is 6.28. The molecule has 11 heavy (non-hydrogen) atoms. The summed E-state index contributed by atoms with van der Waals surface area (Å²) < 4.78 is 0. The third kappa shape index (κ3) is 2.37. The van der Waals surface area contributed by atoms with Gasteiger partial charge < -0.3 is 20.5 Å². The van der Waals surface area contributed by atoms with Crippen LogP contribution in [0.15, 0.2) is 0 Å². The van der Waals surface area contributed by atoms with Crippen LogP contribution in [0.3, 0.4) is 0 Å². The van der Waals surface area contributed by atoms with E-state index in [2.05, 4.69) is 0 Å². The van der Waals surface area contributed by atoms with Crippen LogP contribution in [-0.4, -0.2) is 32.2 Å². The maximum absolute atomic E-state index is 9.17. The molecule has 0 saturated carbocycles. The van der Waals surface area contributed by atoms with E-state index >= 15 is 0 Å². The molecule has 0 fully saturated rings. The third-order valence-corrected chi connectivity index (χ3v) is 1.41. The fourth-order valence-electron chi connectivity index (χ4n) is 0.684. The van der Waals surface area contributed by atoms with Gasteiger partial charge in [-0.2, -0.15) is 5.48 Å². The molecule has 1 atom stereocenters. The predicted octanol–water partition coefficient (Wildman–Crippen LogP) is -1.95. The van der Waals surface area contributed by atoms with Crippen molar-refractivity contribution >= 4 is 0 Å². The number of rotatable bonds is 4. The molecule has 0 aliphatic heterocycles. The summed E-state index contributed by atoms with van der Waals surface area (Å²) in [5.74, 6) is -2.85. The highest BCUT2D eigenvalue weighted by molar-refractivity contribution is 4.81. The lowest BCUT2D eigenvalue weighted by molar-refractivity contribution is -0.310. The molecule has 6 heteroatoms. The lowest BCUT2D eigenvalue weighted by Gasteiger charge is -2.34. The molecule has 0 aromatic rings. The number of hydrogen-bond donors (Lipinski definition) is 6. The van der Waals surface area contributed by atoms with Gasteiger partial charge in [-0.1, -0.05) is 13.3 Å². The Bertz CT molecular complexity index is 124. The summed E-state index contributed by atoms with van der Waals surface area (Å²) in [6.07, 6.45) is 0.358. The van der Waals surface area contributed by atoms with Crippen LogP contribution in [0.5, 0.6) is 0 Å². The Balaban J connectivity index is 4.33. The Hall–Kier alpha value is -0.240. The second-order valence-corrected chi connectivity index (χ2v) is 2.45. The highest BCUT2D eigenvalue weighted by Gasteiger charge is 2.44. The van der Waals surface area contributed by atoms with Gasteiger partial charge in [0.15, 0.2) is 0 Å². The Morgan fingerprint density at radius 1 is 1.36 bits per heavy atom. The monoisotopic (exact) mass is 166 g/mol. The lowest BCUT2D eigenvalue weighted by atomic mass is 10.1. The molecular formula is C5H14N2O4. The summed E-state index contributed by atoms with van der Waals surface area (Å²) >= 11 is 0. The van der Waals surface area contributed by atoms with Gasteiger partial charge in [-0.3, -0.25) is 5.73 Å². The molecule has 68 valence electrons. The molecule has 0 aromatic heterocycles. The van der Waals surface area contributed by atoms with Crippen molar-refractivity contribution in [3.63, 3.8) is 0 Å². The standard InChI is InChI=1S/C5H14N2O4/c1-2-3-4(8,7-11)5(6,9)10/h7-11H,2-3,6H2,1H3. The van der Waals surface area contributed by atoms with E-state index in [4.69, 9.17) is 21.2 Å². The SMILES string of the molecule is CCCC(O)(NO)C(N)(O)O. The van der Waals surface area contributed by atoms with Gasteiger partial charge in [0.2, 0.25) is 5.72 Å². The average Bonchev–Trinajstić information content (AvgIpc) is 1.86. The van der Waals surface area contributed by atoms with Crippen LogP contribution in [0.25, 0.3) is 0 Å². The number of aliphatic hydroxyl groups is 3. The minimum absolute atomic E-state index is 0.0764. The van der Waals surface area contributed by atoms with Gasteiger partial charge in [0.1, 0.15) is 0 Å². The second-order valence-electron chi connectivity index (χ2n) is 2.45. The average molecular weight is 166 g/mol. The van der Waals surface area contributed by atoms with Gasteiger partial charge in [0.05, 0.1) is 0 Å². The molecule has 0 aliphatic rings. The van der Waals surface area contributed by atoms with Crippen molar-refractivity contribution in [2.24, 2.45) is 5.73 Å². The van der Waals surface area contributed by atoms with E-state index in [9.17, 15) is 5.11 Å². The molecule has 0 aromatic carbocycles. The van der Waals surface area contributed by atoms with Crippen LogP contribution < -0.4 is 11.2 Å². The molecule has 6 nitrogen and oxygen atoms in total. The molecule has 0 rings (SSSR count). The van der Waals surface area contributed by atoms with Crippen LogP contribution >= 0.6 is 0 Å². The molecular weight excluding hydrogens is 152 g/mol. The van der Waals surface area contributed by atoms with Gasteiger partial charge in [-0.25, -0.2) is 0 Å². The van der Waals surface area contributed by atoms with Crippen molar-refractivity contribution in [1.29, 1.82) is 0 Å². The predicted molar refractivity (Wildman–Crippen MR) is 36.1 cm³/mol. The maximum atomic E-state index is 9.17. The number of nitrogens with two attached hydrogens (primary N) is 1. The van der Waals surface area contributed by atoms with Crippen molar-refractivity contribution in [2.45, 2.75) is 31.4 Å². The van der Waals surface area contributed by atoms with Crippen molar-refractivity contribution < 1.29 is 20.5 Å². The van der Waals surface area contributed by atoms with Crippen LogP contribution in [0, 0.1) is 0 Å². The highest BCUT2D eigenvalue weighted by atomic mass is 16.6. The first-order valence-electron chi connectivity index (χ1n) is 3.24. The van der Waals surface area contributed by atoms with Crippen molar-refractivity contribution in [2.75, 3.05) is 0 Å². The summed E-state index contributed by atoms with van der Waals surface area (Å²) in [6.45, 7) is 1.69. The smallest absolute Gasteiger partial charge is 0.266 e. The zero-order chi connectivity index (χ0) is 9.12. The van der Waals surface area contributed by atoms with Crippen LogP contribution in [0.2, 0.25) is 0 Å². The largest absolute Gasteiger partial charge is 0.368 e.